The summed E-state index contributed by atoms with van der Waals surface area (Å²) in [6, 6.07) is 5.47. The highest BCUT2D eigenvalue weighted by atomic mass is 15.2. The first-order valence-electron chi connectivity index (χ1n) is 9.08. The molecular formula is C22H28N2. The van der Waals surface area contributed by atoms with Crippen molar-refractivity contribution < 1.29 is 0 Å². The molecule has 1 aromatic rings. The van der Waals surface area contributed by atoms with Crippen molar-refractivity contribution in [2.75, 3.05) is 18.0 Å². The van der Waals surface area contributed by atoms with Gasteiger partial charge in [-0.15, -0.1) is 12.8 Å². The molecule has 24 heavy (non-hydrogen) atoms. The van der Waals surface area contributed by atoms with Crippen molar-refractivity contribution in [3.63, 3.8) is 0 Å². The summed E-state index contributed by atoms with van der Waals surface area (Å²) in [7, 11) is 0. The molecule has 1 fully saturated rings. The lowest BCUT2D eigenvalue weighted by atomic mass is 9.92. The van der Waals surface area contributed by atoms with Crippen molar-refractivity contribution in [1.82, 2.24) is 4.90 Å². The number of allylic oxidation sites excluding steroid dienone is 1. The molecule has 0 bridgehead atoms. The summed E-state index contributed by atoms with van der Waals surface area (Å²) >= 11 is 0. The fourth-order valence-corrected chi connectivity index (χ4v) is 4.34. The van der Waals surface area contributed by atoms with Crippen molar-refractivity contribution in [3.8, 4) is 12.8 Å². The predicted molar refractivity (Wildman–Crippen MR) is 103 cm³/mol. The number of benzene rings is 1. The van der Waals surface area contributed by atoms with Crippen LogP contribution in [0.1, 0.15) is 48.9 Å². The third kappa shape index (κ3) is 2.96. The summed E-state index contributed by atoms with van der Waals surface area (Å²) in [5, 5.41) is 0. The third-order valence-electron chi connectivity index (χ3n) is 5.39. The SMILES string of the molecule is C#C.C=CN(/C=C\C)C(c1cc2c3c(c1)CCN3CCC2)C1CC1. The van der Waals surface area contributed by atoms with Crippen LogP contribution in [0.2, 0.25) is 0 Å². The maximum atomic E-state index is 4.04. The fraction of sp³-hybridized carbons (Fsp3) is 0.455. The third-order valence-corrected chi connectivity index (χ3v) is 5.39. The van der Waals surface area contributed by atoms with Gasteiger partial charge in [0.1, 0.15) is 0 Å². The van der Waals surface area contributed by atoms with E-state index in [2.05, 4.69) is 60.6 Å². The highest BCUT2D eigenvalue weighted by molar-refractivity contribution is 5.66. The van der Waals surface area contributed by atoms with Gasteiger partial charge in [0.2, 0.25) is 0 Å². The number of anilines is 1. The number of terminal acetylenes is 1. The molecule has 2 aliphatic heterocycles. The number of hydrogen-bond acceptors (Lipinski definition) is 2. The standard InChI is InChI=1S/C20H26N2.C2H2/c1-3-10-21(4-2)19(15-7-8-15)18-13-16-6-5-11-22-12-9-17(14-18)20(16)22;1-2/h3-4,10,13-15,19H,2,5-9,11-12H2,1H3;1-2H/b10-3-;. The minimum absolute atomic E-state index is 0.478. The van der Waals surface area contributed by atoms with E-state index in [1.165, 1.54) is 50.8 Å². The monoisotopic (exact) mass is 320 g/mol. The minimum Gasteiger partial charge on any atom is -0.371 e. The molecule has 3 aliphatic rings. The van der Waals surface area contributed by atoms with E-state index in [4.69, 9.17) is 0 Å². The highest BCUT2D eigenvalue weighted by Crippen LogP contribution is 2.47. The molecule has 1 unspecified atom stereocenters. The van der Waals surface area contributed by atoms with E-state index < -0.39 is 0 Å². The van der Waals surface area contributed by atoms with Gasteiger partial charge in [0, 0.05) is 18.8 Å². The van der Waals surface area contributed by atoms with E-state index in [9.17, 15) is 0 Å². The zero-order valence-electron chi connectivity index (χ0n) is 14.7. The number of aryl methyl sites for hydroxylation is 1. The minimum atomic E-state index is 0.478. The maximum absolute atomic E-state index is 4.04. The first-order valence-corrected chi connectivity index (χ1v) is 9.08. The van der Waals surface area contributed by atoms with E-state index in [1.54, 1.807) is 16.8 Å². The molecule has 4 rings (SSSR count). The normalized spacial score (nSPS) is 19.4. The van der Waals surface area contributed by atoms with Gasteiger partial charge in [-0.05, 0) is 74.0 Å². The Bertz CT molecular complexity index is 651. The van der Waals surface area contributed by atoms with E-state index in [0.29, 0.717) is 6.04 Å². The van der Waals surface area contributed by atoms with Crippen molar-refractivity contribution >= 4 is 5.69 Å². The lowest BCUT2D eigenvalue weighted by Gasteiger charge is -2.31. The summed E-state index contributed by atoms with van der Waals surface area (Å²) in [6.07, 6.45) is 20.8. The van der Waals surface area contributed by atoms with Gasteiger partial charge in [0.15, 0.2) is 0 Å². The molecule has 1 aliphatic carbocycles. The van der Waals surface area contributed by atoms with Crippen LogP contribution in [0.3, 0.4) is 0 Å². The van der Waals surface area contributed by atoms with Crippen molar-refractivity contribution in [3.05, 3.63) is 53.9 Å². The Kier molecular flexibility index (Phi) is 5.00. The van der Waals surface area contributed by atoms with Crippen LogP contribution < -0.4 is 4.90 Å². The van der Waals surface area contributed by atoms with Crippen LogP contribution in [0.25, 0.3) is 0 Å². The number of rotatable bonds is 5. The number of hydrogen-bond donors (Lipinski definition) is 0. The predicted octanol–water partition coefficient (Wildman–Crippen LogP) is 4.67. The summed E-state index contributed by atoms with van der Waals surface area (Å²) in [6.45, 7) is 8.60. The van der Waals surface area contributed by atoms with E-state index in [1.807, 2.05) is 6.20 Å². The zero-order chi connectivity index (χ0) is 17.1. The molecule has 0 saturated heterocycles. The zero-order valence-corrected chi connectivity index (χ0v) is 14.7. The Morgan fingerprint density at radius 1 is 1.21 bits per heavy atom. The Morgan fingerprint density at radius 3 is 2.54 bits per heavy atom. The summed E-state index contributed by atoms with van der Waals surface area (Å²) in [4.78, 5) is 4.92. The molecule has 126 valence electrons. The quantitative estimate of drug-likeness (QED) is 0.727. The van der Waals surface area contributed by atoms with Gasteiger partial charge in [0.05, 0.1) is 6.04 Å². The first kappa shape index (κ1) is 16.7. The molecule has 0 N–H and O–H groups in total. The molecule has 1 aromatic carbocycles. The average Bonchev–Trinajstić information content (AvgIpc) is 3.37. The smallest absolute Gasteiger partial charge is 0.0607 e. The summed E-state index contributed by atoms with van der Waals surface area (Å²) in [5.41, 5.74) is 6.26. The van der Waals surface area contributed by atoms with Gasteiger partial charge < -0.3 is 9.80 Å². The van der Waals surface area contributed by atoms with Gasteiger partial charge in [-0.1, -0.05) is 24.8 Å². The van der Waals surface area contributed by atoms with Gasteiger partial charge in [-0.25, -0.2) is 0 Å². The van der Waals surface area contributed by atoms with Crippen LogP contribution in [0.4, 0.5) is 5.69 Å². The van der Waals surface area contributed by atoms with E-state index in [-0.39, 0.29) is 0 Å². The van der Waals surface area contributed by atoms with Crippen molar-refractivity contribution in [2.24, 2.45) is 5.92 Å². The first-order chi connectivity index (χ1) is 11.8. The van der Waals surface area contributed by atoms with Crippen molar-refractivity contribution in [1.29, 1.82) is 0 Å². The van der Waals surface area contributed by atoms with E-state index >= 15 is 0 Å². The topological polar surface area (TPSA) is 6.48 Å². The Labute approximate surface area is 146 Å². The molecule has 0 amide bonds. The van der Waals surface area contributed by atoms with Crippen LogP contribution >= 0.6 is 0 Å². The molecule has 2 heterocycles. The highest BCUT2D eigenvalue weighted by Gasteiger charge is 2.36. The van der Waals surface area contributed by atoms with Gasteiger partial charge >= 0.3 is 0 Å². The van der Waals surface area contributed by atoms with Crippen LogP contribution in [0.5, 0.6) is 0 Å². The number of nitrogens with zero attached hydrogens (tertiary/aromatic N) is 2. The second kappa shape index (κ2) is 7.18. The molecule has 2 heteroatoms. The van der Waals surface area contributed by atoms with Crippen LogP contribution in [-0.2, 0) is 12.8 Å². The lowest BCUT2D eigenvalue weighted by molar-refractivity contribution is 0.336. The van der Waals surface area contributed by atoms with Gasteiger partial charge in [-0.2, -0.15) is 0 Å². The van der Waals surface area contributed by atoms with Gasteiger partial charge in [0.25, 0.3) is 0 Å². The van der Waals surface area contributed by atoms with E-state index in [0.717, 1.165) is 5.92 Å². The largest absolute Gasteiger partial charge is 0.371 e. The molecule has 0 radical (unpaired) electrons. The Hall–Kier alpha value is -2.14. The Morgan fingerprint density at radius 2 is 1.92 bits per heavy atom. The molecule has 0 spiro atoms. The summed E-state index contributed by atoms with van der Waals surface area (Å²) in [5.74, 6) is 0.792. The van der Waals surface area contributed by atoms with Crippen LogP contribution in [-0.4, -0.2) is 18.0 Å². The van der Waals surface area contributed by atoms with Gasteiger partial charge in [-0.3, -0.25) is 0 Å². The molecule has 0 aromatic heterocycles. The van der Waals surface area contributed by atoms with Crippen molar-refractivity contribution in [2.45, 2.75) is 45.1 Å². The fourth-order valence-electron chi connectivity index (χ4n) is 4.34. The molecule has 1 atom stereocenters. The summed E-state index contributed by atoms with van der Waals surface area (Å²) < 4.78 is 0. The molecule has 1 saturated carbocycles. The lowest BCUT2D eigenvalue weighted by Crippen LogP contribution is -2.27. The second-order valence-corrected chi connectivity index (χ2v) is 6.92. The Balaban J connectivity index is 0.000000815. The maximum Gasteiger partial charge on any atom is 0.0607 e. The van der Waals surface area contributed by atoms with Crippen LogP contribution in [0.15, 0.2) is 37.2 Å². The second-order valence-electron chi connectivity index (χ2n) is 6.92. The molecule has 2 nitrogen and oxygen atoms in total. The van der Waals surface area contributed by atoms with Crippen LogP contribution in [0, 0.1) is 18.8 Å². The average molecular weight is 320 g/mol. The molecular weight excluding hydrogens is 292 g/mol.